The molecular weight excluding hydrogens is 282 g/mol. The van der Waals surface area contributed by atoms with Gasteiger partial charge in [-0.25, -0.2) is 0 Å². The van der Waals surface area contributed by atoms with Crippen molar-refractivity contribution in [3.8, 4) is 0 Å². The summed E-state index contributed by atoms with van der Waals surface area (Å²) in [5.41, 5.74) is 0.868. The fourth-order valence-electron chi connectivity index (χ4n) is 3.02. The van der Waals surface area contributed by atoms with E-state index in [4.69, 9.17) is 4.74 Å². The number of hydrogen-bond donors (Lipinski definition) is 2. The summed E-state index contributed by atoms with van der Waals surface area (Å²) in [4.78, 5) is 26.5. The minimum atomic E-state index is -0.511. The van der Waals surface area contributed by atoms with E-state index in [2.05, 4.69) is 10.6 Å². The third-order valence-corrected chi connectivity index (χ3v) is 4.12. The van der Waals surface area contributed by atoms with E-state index < -0.39 is 12.1 Å². The van der Waals surface area contributed by atoms with Crippen molar-refractivity contribution < 1.29 is 14.3 Å². The molecule has 3 rings (SSSR count). The molecule has 1 aromatic carbocycles. The zero-order chi connectivity index (χ0) is 15.5. The number of rotatable bonds is 3. The molecule has 22 heavy (non-hydrogen) atoms. The maximum atomic E-state index is 12.6. The quantitative estimate of drug-likeness (QED) is 0.842. The normalized spacial score (nSPS) is 28.7. The van der Waals surface area contributed by atoms with Crippen molar-refractivity contribution in [1.82, 2.24) is 10.6 Å². The highest BCUT2D eigenvalue weighted by molar-refractivity contribution is 6.02. The number of para-hydroxylation sites is 1. The van der Waals surface area contributed by atoms with Crippen LogP contribution in [0.25, 0.3) is 0 Å². The second-order valence-corrected chi connectivity index (χ2v) is 5.75. The van der Waals surface area contributed by atoms with Gasteiger partial charge in [-0.2, -0.15) is 0 Å². The molecule has 3 unspecified atom stereocenters. The monoisotopic (exact) mass is 303 g/mol. The zero-order valence-corrected chi connectivity index (χ0v) is 12.6. The maximum absolute atomic E-state index is 12.6. The summed E-state index contributed by atoms with van der Waals surface area (Å²) in [5.74, 6) is -0.275. The van der Waals surface area contributed by atoms with E-state index in [-0.39, 0.29) is 17.9 Å². The van der Waals surface area contributed by atoms with E-state index in [0.717, 1.165) is 12.2 Å². The Bertz CT molecular complexity index is 543. The van der Waals surface area contributed by atoms with Gasteiger partial charge in [0.05, 0.1) is 6.61 Å². The van der Waals surface area contributed by atoms with Gasteiger partial charge in [0.1, 0.15) is 12.1 Å². The van der Waals surface area contributed by atoms with Crippen molar-refractivity contribution in [1.29, 1.82) is 0 Å². The minimum Gasteiger partial charge on any atom is -0.366 e. The summed E-state index contributed by atoms with van der Waals surface area (Å²) >= 11 is 0. The van der Waals surface area contributed by atoms with Crippen LogP contribution in [0.15, 0.2) is 30.3 Å². The topological polar surface area (TPSA) is 70.7 Å². The molecule has 2 N–H and O–H groups in total. The molecular formula is C16H21N3O3. The Morgan fingerprint density at radius 3 is 2.82 bits per heavy atom. The molecule has 3 atom stereocenters. The Labute approximate surface area is 129 Å². The molecule has 2 heterocycles. The lowest BCUT2D eigenvalue weighted by molar-refractivity contribution is -0.136. The average Bonchev–Trinajstić information content (AvgIpc) is 2.83. The van der Waals surface area contributed by atoms with Crippen molar-refractivity contribution in [2.45, 2.75) is 31.5 Å². The highest BCUT2D eigenvalue weighted by Crippen LogP contribution is 2.26. The first-order valence-corrected chi connectivity index (χ1v) is 7.67. The third-order valence-electron chi connectivity index (χ3n) is 4.12. The Morgan fingerprint density at radius 2 is 2.14 bits per heavy atom. The fraction of sp³-hybridized carbons (Fsp3) is 0.500. The van der Waals surface area contributed by atoms with Crippen molar-refractivity contribution >= 4 is 17.5 Å². The number of ether oxygens (including phenoxy) is 1. The molecule has 2 fully saturated rings. The summed E-state index contributed by atoms with van der Waals surface area (Å²) < 4.78 is 5.42. The SMILES string of the molecule is CC1CC(NC(=O)C2CNCCO2)C(=O)N1c1ccccc1. The molecule has 2 saturated heterocycles. The zero-order valence-electron chi connectivity index (χ0n) is 12.6. The van der Waals surface area contributed by atoms with Crippen LogP contribution < -0.4 is 15.5 Å². The van der Waals surface area contributed by atoms with Gasteiger partial charge in [-0.1, -0.05) is 18.2 Å². The van der Waals surface area contributed by atoms with E-state index in [1.807, 2.05) is 37.3 Å². The van der Waals surface area contributed by atoms with E-state index in [0.29, 0.717) is 19.6 Å². The van der Waals surface area contributed by atoms with Gasteiger partial charge in [0, 0.05) is 24.8 Å². The number of benzene rings is 1. The lowest BCUT2D eigenvalue weighted by Gasteiger charge is -2.24. The van der Waals surface area contributed by atoms with Gasteiger partial charge in [-0.05, 0) is 25.5 Å². The van der Waals surface area contributed by atoms with Crippen LogP contribution in [0.5, 0.6) is 0 Å². The van der Waals surface area contributed by atoms with E-state index in [1.54, 1.807) is 4.90 Å². The Hall–Kier alpha value is -1.92. The van der Waals surface area contributed by atoms with Gasteiger partial charge in [-0.15, -0.1) is 0 Å². The van der Waals surface area contributed by atoms with Crippen LogP contribution in [-0.2, 0) is 14.3 Å². The molecule has 6 nitrogen and oxygen atoms in total. The van der Waals surface area contributed by atoms with Crippen LogP contribution in [0.1, 0.15) is 13.3 Å². The predicted octanol–water partition coefficient (Wildman–Crippen LogP) is 0.285. The molecule has 118 valence electrons. The van der Waals surface area contributed by atoms with Crippen LogP contribution in [0.4, 0.5) is 5.69 Å². The summed E-state index contributed by atoms with van der Waals surface area (Å²) in [7, 11) is 0. The molecule has 2 aliphatic heterocycles. The number of nitrogens with one attached hydrogen (secondary N) is 2. The summed E-state index contributed by atoms with van der Waals surface area (Å²) in [5, 5.41) is 5.95. The molecule has 0 aliphatic carbocycles. The number of nitrogens with zero attached hydrogens (tertiary/aromatic N) is 1. The number of amides is 2. The second-order valence-electron chi connectivity index (χ2n) is 5.75. The lowest BCUT2D eigenvalue weighted by Crippen LogP contribution is -2.51. The van der Waals surface area contributed by atoms with Crippen LogP contribution in [-0.4, -0.2) is 49.7 Å². The number of carbonyl (C=O) groups is 2. The van der Waals surface area contributed by atoms with Gasteiger partial charge in [0.15, 0.2) is 0 Å². The maximum Gasteiger partial charge on any atom is 0.251 e. The molecule has 2 aliphatic rings. The summed E-state index contributed by atoms with van der Waals surface area (Å²) in [6, 6.07) is 9.13. The van der Waals surface area contributed by atoms with Crippen molar-refractivity contribution in [2.24, 2.45) is 0 Å². The number of morpholine rings is 1. The smallest absolute Gasteiger partial charge is 0.251 e. The van der Waals surface area contributed by atoms with Gasteiger partial charge in [0.25, 0.3) is 5.91 Å². The molecule has 0 bridgehead atoms. The van der Waals surface area contributed by atoms with Crippen LogP contribution in [0.3, 0.4) is 0 Å². The van der Waals surface area contributed by atoms with E-state index >= 15 is 0 Å². The average molecular weight is 303 g/mol. The number of carbonyl (C=O) groups excluding carboxylic acids is 2. The molecule has 0 aromatic heterocycles. The second kappa shape index (κ2) is 6.46. The first-order valence-electron chi connectivity index (χ1n) is 7.67. The van der Waals surface area contributed by atoms with Crippen LogP contribution in [0, 0.1) is 0 Å². The lowest BCUT2D eigenvalue weighted by atomic mass is 10.1. The van der Waals surface area contributed by atoms with Crippen molar-refractivity contribution in [3.63, 3.8) is 0 Å². The molecule has 0 saturated carbocycles. The predicted molar refractivity (Wildman–Crippen MR) is 82.5 cm³/mol. The first-order chi connectivity index (χ1) is 10.7. The summed E-state index contributed by atoms with van der Waals surface area (Å²) in [6.45, 7) is 3.76. The summed E-state index contributed by atoms with van der Waals surface area (Å²) in [6.07, 6.45) is 0.0993. The van der Waals surface area contributed by atoms with Gasteiger partial charge < -0.3 is 20.3 Å². The highest BCUT2D eigenvalue weighted by Gasteiger charge is 2.39. The van der Waals surface area contributed by atoms with Gasteiger partial charge in [0.2, 0.25) is 5.91 Å². The largest absolute Gasteiger partial charge is 0.366 e. The molecule has 1 aromatic rings. The Kier molecular flexibility index (Phi) is 4.40. The standard InChI is InChI=1S/C16H21N3O3/c1-11-9-13(18-15(20)14-10-17-7-8-22-14)16(21)19(11)12-5-3-2-4-6-12/h2-6,11,13-14,17H,7-10H2,1H3,(H,18,20). The van der Waals surface area contributed by atoms with Crippen molar-refractivity contribution in [3.05, 3.63) is 30.3 Å². The van der Waals surface area contributed by atoms with E-state index in [1.165, 1.54) is 0 Å². The molecule has 0 spiro atoms. The molecule has 2 amide bonds. The first kappa shape index (κ1) is 15.0. The third kappa shape index (κ3) is 2.98. The Balaban J connectivity index is 1.66. The molecule has 0 radical (unpaired) electrons. The highest BCUT2D eigenvalue weighted by atomic mass is 16.5. The van der Waals surface area contributed by atoms with Crippen LogP contribution >= 0.6 is 0 Å². The minimum absolute atomic E-state index is 0.0594. The number of hydrogen-bond acceptors (Lipinski definition) is 4. The van der Waals surface area contributed by atoms with Crippen LogP contribution in [0.2, 0.25) is 0 Å². The number of anilines is 1. The van der Waals surface area contributed by atoms with Gasteiger partial charge >= 0.3 is 0 Å². The van der Waals surface area contributed by atoms with Crippen molar-refractivity contribution in [2.75, 3.05) is 24.6 Å². The molecule has 6 heteroatoms. The fourth-order valence-corrected chi connectivity index (χ4v) is 3.02. The Morgan fingerprint density at radius 1 is 1.36 bits per heavy atom. The van der Waals surface area contributed by atoms with E-state index in [9.17, 15) is 9.59 Å². The van der Waals surface area contributed by atoms with Gasteiger partial charge in [-0.3, -0.25) is 9.59 Å².